The molecule has 1 unspecified atom stereocenters. The molecule has 0 bridgehead atoms. The average Bonchev–Trinajstić information content (AvgIpc) is 2.25. The molecule has 1 aliphatic heterocycles. The molecule has 2 aliphatic rings. The molecule has 16 heavy (non-hydrogen) atoms. The van der Waals surface area contributed by atoms with Crippen LogP contribution in [-0.2, 0) is 0 Å². The van der Waals surface area contributed by atoms with Gasteiger partial charge in [-0.25, -0.2) is 0 Å². The molecule has 2 N–H and O–H groups in total. The van der Waals surface area contributed by atoms with Gasteiger partial charge in [-0.15, -0.1) is 0 Å². The zero-order valence-corrected chi connectivity index (χ0v) is 11.2. The lowest BCUT2D eigenvalue weighted by atomic mass is 9.57. The third kappa shape index (κ3) is 2.28. The Morgan fingerprint density at radius 1 is 1.19 bits per heavy atom. The van der Waals surface area contributed by atoms with Crippen LogP contribution >= 0.6 is 0 Å². The number of nitrogens with zero attached hydrogens (tertiary/aromatic N) is 1. The van der Waals surface area contributed by atoms with Crippen molar-refractivity contribution in [3.63, 3.8) is 0 Å². The molecule has 0 radical (unpaired) electrons. The van der Waals surface area contributed by atoms with Gasteiger partial charge in [-0.05, 0) is 69.5 Å². The maximum atomic E-state index is 5.73. The highest BCUT2D eigenvalue weighted by molar-refractivity contribution is 4.97. The second-order valence-electron chi connectivity index (χ2n) is 6.53. The third-order valence-corrected chi connectivity index (χ3v) is 5.18. The van der Waals surface area contributed by atoms with E-state index in [-0.39, 0.29) is 0 Å². The largest absolute Gasteiger partial charge is 0.330 e. The van der Waals surface area contributed by atoms with E-state index in [1.54, 1.807) is 0 Å². The van der Waals surface area contributed by atoms with E-state index in [1.165, 1.54) is 38.8 Å². The Hall–Kier alpha value is -0.0800. The minimum Gasteiger partial charge on any atom is -0.330 e. The molecule has 0 aromatic carbocycles. The molecule has 1 spiro atoms. The van der Waals surface area contributed by atoms with E-state index in [0.29, 0.717) is 5.41 Å². The third-order valence-electron chi connectivity index (χ3n) is 5.18. The summed E-state index contributed by atoms with van der Waals surface area (Å²) in [4.78, 5) is 2.69. The molecule has 1 heterocycles. The average molecular weight is 224 g/mol. The SMILES string of the molecule is CC(C)C(C)N1CCC2(CC1)CC(CN)C2. The first-order chi connectivity index (χ1) is 7.56. The predicted octanol–water partition coefficient (Wildman–Crippen LogP) is 2.48. The van der Waals surface area contributed by atoms with Gasteiger partial charge in [0.15, 0.2) is 0 Å². The van der Waals surface area contributed by atoms with Gasteiger partial charge in [-0.2, -0.15) is 0 Å². The molecule has 2 nitrogen and oxygen atoms in total. The van der Waals surface area contributed by atoms with Gasteiger partial charge in [0.25, 0.3) is 0 Å². The Morgan fingerprint density at radius 2 is 1.75 bits per heavy atom. The maximum Gasteiger partial charge on any atom is 0.00899 e. The Labute approximate surface area is 101 Å². The van der Waals surface area contributed by atoms with Crippen molar-refractivity contribution in [2.24, 2.45) is 23.0 Å². The first kappa shape index (κ1) is 12.4. The number of piperidine rings is 1. The molecule has 1 aliphatic carbocycles. The molecule has 94 valence electrons. The monoisotopic (exact) mass is 224 g/mol. The summed E-state index contributed by atoms with van der Waals surface area (Å²) >= 11 is 0. The molecule has 2 heteroatoms. The molecule has 0 amide bonds. The van der Waals surface area contributed by atoms with E-state index in [2.05, 4.69) is 25.7 Å². The summed E-state index contributed by atoms with van der Waals surface area (Å²) in [5, 5.41) is 0. The fourth-order valence-corrected chi connectivity index (χ4v) is 3.57. The van der Waals surface area contributed by atoms with Gasteiger partial charge in [0.1, 0.15) is 0 Å². The van der Waals surface area contributed by atoms with Crippen LogP contribution in [0, 0.1) is 17.3 Å². The summed E-state index contributed by atoms with van der Waals surface area (Å²) in [6.07, 6.45) is 5.65. The van der Waals surface area contributed by atoms with Gasteiger partial charge in [0.2, 0.25) is 0 Å². The molecule has 0 aromatic rings. The van der Waals surface area contributed by atoms with Gasteiger partial charge >= 0.3 is 0 Å². The molecule has 0 aromatic heterocycles. The number of hydrogen-bond acceptors (Lipinski definition) is 2. The van der Waals surface area contributed by atoms with Gasteiger partial charge < -0.3 is 10.6 Å². The Balaban J connectivity index is 1.79. The highest BCUT2D eigenvalue weighted by Gasteiger charge is 2.45. The van der Waals surface area contributed by atoms with Crippen molar-refractivity contribution in [1.29, 1.82) is 0 Å². The zero-order chi connectivity index (χ0) is 11.8. The summed E-state index contributed by atoms with van der Waals surface area (Å²) in [5.41, 5.74) is 6.43. The van der Waals surface area contributed by atoms with Crippen molar-refractivity contribution >= 4 is 0 Å². The fourth-order valence-electron chi connectivity index (χ4n) is 3.57. The van der Waals surface area contributed by atoms with Crippen LogP contribution in [0.5, 0.6) is 0 Å². The first-order valence-electron chi connectivity index (χ1n) is 7.00. The topological polar surface area (TPSA) is 29.3 Å². The predicted molar refractivity (Wildman–Crippen MR) is 69.3 cm³/mol. The molecule has 1 saturated carbocycles. The Bertz CT molecular complexity index is 221. The van der Waals surface area contributed by atoms with Gasteiger partial charge in [0.05, 0.1) is 0 Å². The molecule has 1 atom stereocenters. The molecular formula is C14H28N2. The minimum atomic E-state index is 0.706. The summed E-state index contributed by atoms with van der Waals surface area (Å²) in [7, 11) is 0. The van der Waals surface area contributed by atoms with Crippen LogP contribution in [0.3, 0.4) is 0 Å². The summed E-state index contributed by atoms with van der Waals surface area (Å²) < 4.78 is 0. The Kier molecular flexibility index (Phi) is 3.60. The smallest absolute Gasteiger partial charge is 0.00899 e. The van der Waals surface area contributed by atoms with Crippen LogP contribution < -0.4 is 5.73 Å². The van der Waals surface area contributed by atoms with E-state index in [9.17, 15) is 0 Å². The van der Waals surface area contributed by atoms with Crippen LogP contribution in [0.15, 0.2) is 0 Å². The minimum absolute atomic E-state index is 0.706. The van der Waals surface area contributed by atoms with E-state index < -0.39 is 0 Å². The summed E-state index contributed by atoms with van der Waals surface area (Å²) in [5.74, 6) is 1.63. The van der Waals surface area contributed by atoms with Crippen LogP contribution in [0.1, 0.15) is 46.5 Å². The van der Waals surface area contributed by atoms with Crippen LogP contribution in [0.25, 0.3) is 0 Å². The summed E-state index contributed by atoms with van der Waals surface area (Å²) in [6.45, 7) is 10.6. The van der Waals surface area contributed by atoms with Gasteiger partial charge in [0, 0.05) is 6.04 Å². The number of rotatable bonds is 3. The fraction of sp³-hybridized carbons (Fsp3) is 1.00. The van der Waals surface area contributed by atoms with Crippen LogP contribution in [-0.4, -0.2) is 30.6 Å². The second kappa shape index (κ2) is 4.66. The standard InChI is InChI=1S/C14H28N2/c1-11(2)12(3)16-6-4-14(5-7-16)8-13(9-14)10-15/h11-13H,4-10,15H2,1-3H3. The lowest BCUT2D eigenvalue weighted by molar-refractivity contribution is -0.0240. The number of likely N-dealkylation sites (tertiary alicyclic amines) is 1. The van der Waals surface area contributed by atoms with Gasteiger partial charge in [-0.1, -0.05) is 13.8 Å². The molecule has 2 fully saturated rings. The molecular weight excluding hydrogens is 196 g/mol. The quantitative estimate of drug-likeness (QED) is 0.798. The highest BCUT2D eigenvalue weighted by Crippen LogP contribution is 2.52. The van der Waals surface area contributed by atoms with E-state index in [0.717, 1.165) is 24.4 Å². The first-order valence-corrected chi connectivity index (χ1v) is 7.00. The van der Waals surface area contributed by atoms with Gasteiger partial charge in [-0.3, -0.25) is 0 Å². The summed E-state index contributed by atoms with van der Waals surface area (Å²) in [6, 6.07) is 0.753. The van der Waals surface area contributed by atoms with Crippen molar-refractivity contribution in [2.75, 3.05) is 19.6 Å². The highest BCUT2D eigenvalue weighted by atomic mass is 15.2. The van der Waals surface area contributed by atoms with Crippen molar-refractivity contribution in [1.82, 2.24) is 4.90 Å². The van der Waals surface area contributed by atoms with Crippen molar-refractivity contribution in [2.45, 2.75) is 52.5 Å². The lowest BCUT2D eigenvalue weighted by Gasteiger charge is -2.53. The normalized spacial score (nSPS) is 28.3. The van der Waals surface area contributed by atoms with Crippen LogP contribution in [0.2, 0.25) is 0 Å². The van der Waals surface area contributed by atoms with E-state index in [1.807, 2.05) is 0 Å². The van der Waals surface area contributed by atoms with E-state index >= 15 is 0 Å². The van der Waals surface area contributed by atoms with Crippen molar-refractivity contribution < 1.29 is 0 Å². The van der Waals surface area contributed by atoms with Crippen molar-refractivity contribution in [3.8, 4) is 0 Å². The second-order valence-corrected chi connectivity index (χ2v) is 6.53. The number of hydrogen-bond donors (Lipinski definition) is 1. The Morgan fingerprint density at radius 3 is 2.19 bits per heavy atom. The lowest BCUT2D eigenvalue weighted by Crippen LogP contribution is -2.51. The van der Waals surface area contributed by atoms with Crippen molar-refractivity contribution in [3.05, 3.63) is 0 Å². The zero-order valence-electron chi connectivity index (χ0n) is 11.2. The van der Waals surface area contributed by atoms with Crippen LogP contribution in [0.4, 0.5) is 0 Å². The molecule has 1 saturated heterocycles. The van der Waals surface area contributed by atoms with E-state index in [4.69, 9.17) is 5.73 Å². The molecule has 2 rings (SSSR count). The maximum absolute atomic E-state index is 5.73. The number of nitrogens with two attached hydrogens (primary N) is 1.